The predicted octanol–water partition coefficient (Wildman–Crippen LogP) is 5.60. The molecule has 4 nitrogen and oxygen atoms in total. The molecule has 0 aliphatic carbocycles. The topological polar surface area (TPSA) is 55.1 Å². The van der Waals surface area contributed by atoms with E-state index in [4.69, 9.17) is 4.42 Å². The molecule has 1 aromatic heterocycles. The molecule has 0 atom stereocenters. The molecule has 0 fully saturated rings. The molecule has 0 unspecified atom stereocenters. The zero-order valence-corrected chi connectivity index (χ0v) is 16.7. The second-order valence-corrected chi connectivity index (χ2v) is 7.34. The van der Waals surface area contributed by atoms with Gasteiger partial charge in [-0.1, -0.05) is 28.1 Å². The molecule has 0 saturated carbocycles. The summed E-state index contributed by atoms with van der Waals surface area (Å²) in [5.41, 5.74) is 5.29. The molecule has 1 heterocycles. The highest BCUT2D eigenvalue weighted by atomic mass is 79.9. The van der Waals surface area contributed by atoms with Crippen molar-refractivity contribution in [1.82, 2.24) is 4.98 Å². The molecule has 0 bridgehead atoms. The molecule has 2 aromatic carbocycles. The fraction of sp³-hybridized carbons (Fsp3) is 0.238. The quantitative estimate of drug-likeness (QED) is 0.592. The van der Waals surface area contributed by atoms with Gasteiger partial charge in [0, 0.05) is 28.6 Å². The molecule has 26 heavy (non-hydrogen) atoms. The highest BCUT2D eigenvalue weighted by molar-refractivity contribution is 9.10. The van der Waals surface area contributed by atoms with Gasteiger partial charge in [-0.15, -0.1) is 0 Å². The van der Waals surface area contributed by atoms with Crippen molar-refractivity contribution in [2.75, 3.05) is 5.32 Å². The molecule has 0 aliphatic heterocycles. The van der Waals surface area contributed by atoms with Crippen LogP contribution in [0.5, 0.6) is 0 Å². The fourth-order valence-electron chi connectivity index (χ4n) is 2.65. The average molecular weight is 413 g/mol. The molecule has 1 amide bonds. The highest BCUT2D eigenvalue weighted by Gasteiger charge is 2.11. The van der Waals surface area contributed by atoms with Gasteiger partial charge in [-0.25, -0.2) is 4.98 Å². The highest BCUT2D eigenvalue weighted by Crippen LogP contribution is 2.24. The number of nitrogens with zero attached hydrogens (tertiary/aromatic N) is 1. The number of carbonyl (C=O) groups is 1. The molecular formula is C21H21BrN2O2. The first-order valence-corrected chi connectivity index (χ1v) is 9.30. The molecule has 1 N–H and O–H groups in total. The molecule has 5 heteroatoms. The molecule has 0 saturated heterocycles. The van der Waals surface area contributed by atoms with Gasteiger partial charge >= 0.3 is 0 Å². The van der Waals surface area contributed by atoms with Crippen LogP contribution in [0.25, 0.3) is 11.3 Å². The summed E-state index contributed by atoms with van der Waals surface area (Å²) >= 11 is 3.42. The Balaban J connectivity index is 1.60. The van der Waals surface area contributed by atoms with Gasteiger partial charge in [-0.2, -0.15) is 0 Å². The number of anilines is 1. The Labute approximate surface area is 161 Å². The third kappa shape index (κ3) is 4.41. The van der Waals surface area contributed by atoms with Crippen LogP contribution in [0, 0.1) is 20.8 Å². The van der Waals surface area contributed by atoms with Crippen LogP contribution in [-0.4, -0.2) is 10.9 Å². The Bertz CT molecular complexity index is 947. The maximum Gasteiger partial charge on any atom is 0.224 e. The second-order valence-electron chi connectivity index (χ2n) is 6.42. The van der Waals surface area contributed by atoms with Crippen molar-refractivity contribution >= 4 is 27.5 Å². The number of amides is 1. The Hall–Kier alpha value is -2.40. The predicted molar refractivity (Wildman–Crippen MR) is 107 cm³/mol. The van der Waals surface area contributed by atoms with Crippen LogP contribution in [0.1, 0.15) is 29.0 Å². The van der Waals surface area contributed by atoms with E-state index in [0.717, 1.165) is 27.0 Å². The Morgan fingerprint density at radius 2 is 1.88 bits per heavy atom. The van der Waals surface area contributed by atoms with Gasteiger partial charge in [0.1, 0.15) is 0 Å². The largest absolute Gasteiger partial charge is 0.441 e. The van der Waals surface area contributed by atoms with Crippen LogP contribution in [0.4, 0.5) is 5.69 Å². The summed E-state index contributed by atoms with van der Waals surface area (Å²) in [6.45, 7) is 6.12. The molecular weight excluding hydrogens is 392 g/mol. The zero-order valence-electron chi connectivity index (χ0n) is 15.1. The molecule has 3 rings (SSSR count). The lowest BCUT2D eigenvalue weighted by molar-refractivity contribution is -0.116. The number of benzene rings is 2. The van der Waals surface area contributed by atoms with E-state index >= 15 is 0 Å². The second kappa shape index (κ2) is 7.87. The minimum Gasteiger partial charge on any atom is -0.441 e. The van der Waals surface area contributed by atoms with E-state index < -0.39 is 0 Å². The van der Waals surface area contributed by atoms with E-state index in [0.29, 0.717) is 18.7 Å². The van der Waals surface area contributed by atoms with E-state index in [1.54, 1.807) is 6.20 Å². The number of nitrogens with one attached hydrogen (secondary N) is 1. The first kappa shape index (κ1) is 18.4. The third-order valence-electron chi connectivity index (χ3n) is 4.37. The number of aryl methyl sites for hydroxylation is 4. The van der Waals surface area contributed by atoms with Crippen molar-refractivity contribution in [1.29, 1.82) is 0 Å². The molecule has 0 aliphatic rings. The maximum atomic E-state index is 12.2. The summed E-state index contributed by atoms with van der Waals surface area (Å²) in [7, 11) is 0. The van der Waals surface area contributed by atoms with E-state index in [-0.39, 0.29) is 5.91 Å². The Morgan fingerprint density at radius 1 is 1.08 bits per heavy atom. The molecule has 134 valence electrons. The third-order valence-corrected chi connectivity index (χ3v) is 4.87. The lowest BCUT2D eigenvalue weighted by Crippen LogP contribution is -2.13. The summed E-state index contributed by atoms with van der Waals surface area (Å²) in [6.07, 6.45) is 2.50. The van der Waals surface area contributed by atoms with E-state index in [2.05, 4.69) is 52.2 Å². The molecule has 3 aromatic rings. The van der Waals surface area contributed by atoms with Crippen LogP contribution in [0.3, 0.4) is 0 Å². The zero-order chi connectivity index (χ0) is 18.7. The first-order chi connectivity index (χ1) is 12.4. The number of halogens is 1. The van der Waals surface area contributed by atoms with Gasteiger partial charge in [0.2, 0.25) is 5.91 Å². The summed E-state index contributed by atoms with van der Waals surface area (Å²) < 4.78 is 6.80. The van der Waals surface area contributed by atoms with E-state index in [9.17, 15) is 4.79 Å². The average Bonchev–Trinajstić information content (AvgIpc) is 3.07. The van der Waals surface area contributed by atoms with Crippen molar-refractivity contribution in [2.24, 2.45) is 0 Å². The van der Waals surface area contributed by atoms with E-state index in [1.807, 2.05) is 31.2 Å². The lowest BCUT2D eigenvalue weighted by Gasteiger charge is -2.08. The summed E-state index contributed by atoms with van der Waals surface area (Å²) in [5, 5.41) is 2.93. The minimum atomic E-state index is -0.0543. The summed E-state index contributed by atoms with van der Waals surface area (Å²) in [4.78, 5) is 16.5. The standard InChI is InChI=1S/C21H21BrN2O2/c1-13-4-5-16(10-14(13)2)19-12-23-21(26-19)9-8-20(25)24-18-7-6-17(22)11-15(18)3/h4-7,10-12H,8-9H2,1-3H3,(H,24,25). The molecule has 0 spiro atoms. The van der Waals surface area contributed by atoms with Crippen LogP contribution < -0.4 is 5.32 Å². The van der Waals surface area contributed by atoms with Gasteiger partial charge in [0.25, 0.3) is 0 Å². The number of carbonyl (C=O) groups excluding carboxylic acids is 1. The lowest BCUT2D eigenvalue weighted by atomic mass is 10.1. The van der Waals surface area contributed by atoms with Gasteiger partial charge in [0.05, 0.1) is 6.20 Å². The number of hydrogen-bond acceptors (Lipinski definition) is 3. The normalized spacial score (nSPS) is 10.8. The number of rotatable bonds is 5. The van der Waals surface area contributed by atoms with Gasteiger partial charge < -0.3 is 9.73 Å². The van der Waals surface area contributed by atoms with Crippen molar-refractivity contribution in [3.8, 4) is 11.3 Å². The molecule has 0 radical (unpaired) electrons. The van der Waals surface area contributed by atoms with Crippen molar-refractivity contribution in [3.63, 3.8) is 0 Å². The Kier molecular flexibility index (Phi) is 5.57. The van der Waals surface area contributed by atoms with Gasteiger partial charge in [0.15, 0.2) is 11.7 Å². The summed E-state index contributed by atoms with van der Waals surface area (Å²) in [6, 6.07) is 11.9. The SMILES string of the molecule is Cc1ccc(-c2cnc(CCC(=O)Nc3ccc(Br)cc3C)o2)cc1C. The monoisotopic (exact) mass is 412 g/mol. The first-order valence-electron chi connectivity index (χ1n) is 8.51. The van der Waals surface area contributed by atoms with Crippen molar-refractivity contribution < 1.29 is 9.21 Å². The smallest absolute Gasteiger partial charge is 0.224 e. The minimum absolute atomic E-state index is 0.0543. The van der Waals surface area contributed by atoms with Crippen LogP contribution >= 0.6 is 15.9 Å². The fourth-order valence-corrected chi connectivity index (χ4v) is 3.13. The Morgan fingerprint density at radius 3 is 2.62 bits per heavy atom. The number of hydrogen-bond donors (Lipinski definition) is 1. The van der Waals surface area contributed by atoms with Crippen LogP contribution in [-0.2, 0) is 11.2 Å². The maximum absolute atomic E-state index is 12.2. The van der Waals surface area contributed by atoms with Crippen molar-refractivity contribution in [2.45, 2.75) is 33.6 Å². The number of oxazole rings is 1. The van der Waals surface area contributed by atoms with Gasteiger partial charge in [-0.3, -0.25) is 4.79 Å². The van der Waals surface area contributed by atoms with Crippen LogP contribution in [0.2, 0.25) is 0 Å². The van der Waals surface area contributed by atoms with Gasteiger partial charge in [-0.05, 0) is 61.7 Å². The summed E-state index contributed by atoms with van der Waals surface area (Å²) in [5.74, 6) is 1.24. The number of aromatic nitrogens is 1. The van der Waals surface area contributed by atoms with Crippen LogP contribution in [0.15, 0.2) is 51.5 Å². The van der Waals surface area contributed by atoms with Crippen molar-refractivity contribution in [3.05, 3.63) is 69.6 Å². The van der Waals surface area contributed by atoms with E-state index in [1.165, 1.54) is 11.1 Å².